The maximum absolute atomic E-state index is 12.9. The minimum Gasteiger partial charge on any atom is -0.346 e. The summed E-state index contributed by atoms with van der Waals surface area (Å²) in [4.78, 5) is 34.4. The number of alkyl halides is 3. The Bertz CT molecular complexity index is 985. The van der Waals surface area contributed by atoms with Crippen molar-refractivity contribution in [1.29, 1.82) is 0 Å². The summed E-state index contributed by atoms with van der Waals surface area (Å²) in [5, 5.41) is 3.81. The normalized spacial score (nSPS) is 20.6. The van der Waals surface area contributed by atoms with Crippen LogP contribution in [0.25, 0.3) is 11.4 Å². The van der Waals surface area contributed by atoms with E-state index < -0.39 is 11.7 Å². The number of hydrogen-bond acceptors (Lipinski definition) is 6. The van der Waals surface area contributed by atoms with Crippen LogP contribution in [0.5, 0.6) is 0 Å². The molecule has 0 bridgehead atoms. The van der Waals surface area contributed by atoms with E-state index >= 15 is 0 Å². The summed E-state index contributed by atoms with van der Waals surface area (Å²) in [5.74, 6) is 0.179. The van der Waals surface area contributed by atoms with Gasteiger partial charge in [0.1, 0.15) is 0 Å². The first-order chi connectivity index (χ1) is 15.2. The van der Waals surface area contributed by atoms with Crippen molar-refractivity contribution in [3.05, 3.63) is 35.7 Å². The molecule has 0 spiro atoms. The highest BCUT2D eigenvalue weighted by molar-refractivity contribution is 5.87. The Kier molecular flexibility index (Phi) is 6.18. The van der Waals surface area contributed by atoms with E-state index in [-0.39, 0.29) is 35.5 Å². The first-order valence-electron chi connectivity index (χ1n) is 10.5. The largest absolute Gasteiger partial charge is 0.416 e. The highest BCUT2D eigenvalue weighted by Crippen LogP contribution is 2.31. The summed E-state index contributed by atoms with van der Waals surface area (Å²) >= 11 is 0. The molecule has 0 radical (unpaired) electrons. The van der Waals surface area contributed by atoms with E-state index in [0.29, 0.717) is 51.6 Å². The van der Waals surface area contributed by atoms with Gasteiger partial charge in [-0.1, -0.05) is 17.3 Å². The third kappa shape index (κ3) is 4.93. The van der Waals surface area contributed by atoms with Gasteiger partial charge in [-0.25, -0.2) is 0 Å². The molecule has 2 fully saturated rings. The van der Waals surface area contributed by atoms with Crippen molar-refractivity contribution in [2.24, 2.45) is 5.92 Å². The number of halogens is 3. The number of likely N-dealkylation sites (tertiary alicyclic amines) is 1. The van der Waals surface area contributed by atoms with Crippen LogP contribution >= 0.6 is 0 Å². The maximum atomic E-state index is 12.9. The minimum absolute atomic E-state index is 0.00112. The van der Waals surface area contributed by atoms with E-state index in [1.807, 2.05) is 4.90 Å². The van der Waals surface area contributed by atoms with Gasteiger partial charge in [0, 0.05) is 57.7 Å². The van der Waals surface area contributed by atoms with Crippen LogP contribution in [0, 0.1) is 5.92 Å². The number of rotatable bonds is 4. The molecule has 1 aromatic carbocycles. The molecule has 1 atom stereocenters. The van der Waals surface area contributed by atoms with Crippen LogP contribution in [0.15, 0.2) is 28.8 Å². The van der Waals surface area contributed by atoms with Gasteiger partial charge in [-0.2, -0.15) is 18.2 Å². The fourth-order valence-corrected chi connectivity index (χ4v) is 4.00. The molecule has 3 heterocycles. The monoisotopic (exact) mass is 451 g/mol. The Morgan fingerprint density at radius 1 is 1.19 bits per heavy atom. The number of piperidine rings is 1. The van der Waals surface area contributed by atoms with Crippen LogP contribution in [0.4, 0.5) is 13.2 Å². The zero-order valence-electron chi connectivity index (χ0n) is 17.6. The van der Waals surface area contributed by atoms with Gasteiger partial charge >= 0.3 is 6.18 Å². The maximum Gasteiger partial charge on any atom is 0.416 e. The number of piperazine rings is 1. The molecule has 2 amide bonds. The highest BCUT2D eigenvalue weighted by atomic mass is 19.4. The number of amides is 2. The molecule has 2 aromatic rings. The minimum atomic E-state index is -4.44. The number of benzene rings is 1. The van der Waals surface area contributed by atoms with Crippen LogP contribution < -0.4 is 0 Å². The Hall–Kier alpha value is -2.95. The van der Waals surface area contributed by atoms with Crippen molar-refractivity contribution in [3.63, 3.8) is 0 Å². The lowest BCUT2D eigenvalue weighted by Gasteiger charge is -2.37. The summed E-state index contributed by atoms with van der Waals surface area (Å²) in [6.45, 7) is 3.23. The van der Waals surface area contributed by atoms with E-state index in [0.717, 1.165) is 12.1 Å². The molecule has 1 unspecified atom stereocenters. The van der Waals surface area contributed by atoms with Crippen molar-refractivity contribution in [2.45, 2.75) is 25.6 Å². The van der Waals surface area contributed by atoms with E-state index in [4.69, 9.17) is 4.52 Å². The van der Waals surface area contributed by atoms with Gasteiger partial charge in [0.15, 0.2) is 0 Å². The summed E-state index contributed by atoms with van der Waals surface area (Å²) in [7, 11) is 1.75. The van der Waals surface area contributed by atoms with Gasteiger partial charge in [0.2, 0.25) is 23.5 Å². The molecule has 0 N–H and O–H groups in total. The van der Waals surface area contributed by atoms with Crippen LogP contribution in [-0.4, -0.2) is 76.4 Å². The Morgan fingerprint density at radius 3 is 2.62 bits per heavy atom. The summed E-state index contributed by atoms with van der Waals surface area (Å²) < 4.78 is 44.0. The van der Waals surface area contributed by atoms with E-state index in [2.05, 4.69) is 10.1 Å². The molecule has 4 rings (SSSR count). The topological polar surface area (TPSA) is 82.8 Å². The smallest absolute Gasteiger partial charge is 0.346 e. The van der Waals surface area contributed by atoms with Gasteiger partial charge in [0.05, 0.1) is 12.1 Å². The summed E-state index contributed by atoms with van der Waals surface area (Å²) in [6, 6.07) is 4.80. The van der Waals surface area contributed by atoms with Gasteiger partial charge < -0.3 is 14.3 Å². The Labute approximate surface area is 183 Å². The van der Waals surface area contributed by atoms with Crippen LogP contribution in [0.3, 0.4) is 0 Å². The first kappa shape index (κ1) is 22.3. The zero-order valence-corrected chi connectivity index (χ0v) is 17.6. The van der Waals surface area contributed by atoms with Crippen LogP contribution in [0.1, 0.15) is 24.3 Å². The predicted molar refractivity (Wildman–Crippen MR) is 107 cm³/mol. The molecule has 172 valence electrons. The molecule has 2 saturated heterocycles. The van der Waals surface area contributed by atoms with Crippen LogP contribution in [0.2, 0.25) is 0 Å². The number of carbonyl (C=O) groups excluding carboxylic acids is 2. The second-order valence-electron chi connectivity index (χ2n) is 8.20. The average molecular weight is 451 g/mol. The molecule has 32 heavy (non-hydrogen) atoms. The molecule has 2 aliphatic heterocycles. The quantitative estimate of drug-likeness (QED) is 0.709. The van der Waals surface area contributed by atoms with Crippen LogP contribution in [-0.2, 0) is 22.3 Å². The molecular weight excluding hydrogens is 427 g/mol. The van der Waals surface area contributed by atoms with Crippen molar-refractivity contribution in [3.8, 4) is 11.4 Å². The number of nitrogens with zero attached hydrogens (tertiary/aromatic N) is 5. The number of hydrogen-bond donors (Lipinski definition) is 0. The molecule has 0 aliphatic carbocycles. The SMILES string of the molecule is CN1CCC(C(=O)N2CCN(Cc3nc(-c4cccc(C(F)(F)F)c4)no3)CC2)CC1=O. The first-order valence-corrected chi connectivity index (χ1v) is 10.5. The molecule has 2 aliphatic rings. The van der Waals surface area contributed by atoms with E-state index in [1.165, 1.54) is 12.1 Å². The van der Waals surface area contributed by atoms with Gasteiger partial charge in [-0.15, -0.1) is 0 Å². The fraction of sp³-hybridized carbons (Fsp3) is 0.524. The third-order valence-electron chi connectivity index (χ3n) is 5.97. The average Bonchev–Trinajstić information content (AvgIpc) is 3.24. The molecule has 11 heteroatoms. The standard InChI is InChI=1S/C21H24F3N5O3/c1-27-6-5-15(12-18(27)30)20(31)29-9-7-28(8-10-29)13-17-25-19(26-32-17)14-3-2-4-16(11-14)21(22,23)24/h2-4,11,15H,5-10,12-13H2,1H3. The van der Waals surface area contributed by atoms with Gasteiger partial charge in [-0.05, 0) is 18.6 Å². The van der Waals surface area contributed by atoms with Crippen molar-refractivity contribution in [2.75, 3.05) is 39.8 Å². The molecule has 0 saturated carbocycles. The fourth-order valence-electron chi connectivity index (χ4n) is 4.00. The van der Waals surface area contributed by atoms with E-state index in [1.54, 1.807) is 16.8 Å². The number of carbonyl (C=O) groups is 2. The Balaban J connectivity index is 1.31. The Morgan fingerprint density at radius 2 is 1.94 bits per heavy atom. The summed E-state index contributed by atoms with van der Waals surface area (Å²) in [6.07, 6.45) is -3.50. The summed E-state index contributed by atoms with van der Waals surface area (Å²) in [5.41, 5.74) is -0.536. The molecule has 1 aromatic heterocycles. The van der Waals surface area contributed by atoms with Crippen molar-refractivity contribution < 1.29 is 27.3 Å². The van der Waals surface area contributed by atoms with E-state index in [9.17, 15) is 22.8 Å². The molecular formula is C21H24F3N5O3. The number of aromatic nitrogens is 2. The van der Waals surface area contributed by atoms with Gasteiger partial charge in [0.25, 0.3) is 0 Å². The second-order valence-corrected chi connectivity index (χ2v) is 8.20. The second kappa shape index (κ2) is 8.89. The zero-order chi connectivity index (χ0) is 22.9. The lowest BCUT2D eigenvalue weighted by Crippen LogP contribution is -2.51. The molecule has 8 nitrogen and oxygen atoms in total. The predicted octanol–water partition coefficient (Wildman–Crippen LogP) is 2.27. The highest BCUT2D eigenvalue weighted by Gasteiger charge is 2.33. The van der Waals surface area contributed by atoms with Gasteiger partial charge in [-0.3, -0.25) is 14.5 Å². The third-order valence-corrected chi connectivity index (χ3v) is 5.97. The van der Waals surface area contributed by atoms with Crippen molar-refractivity contribution >= 4 is 11.8 Å². The van der Waals surface area contributed by atoms with Crippen molar-refractivity contribution in [1.82, 2.24) is 24.8 Å². The lowest BCUT2D eigenvalue weighted by molar-refractivity contribution is -0.145. The lowest BCUT2D eigenvalue weighted by atomic mass is 9.94.